The van der Waals surface area contributed by atoms with E-state index in [1.807, 2.05) is 0 Å². The molecular formula is C17H31N5O7. The van der Waals surface area contributed by atoms with Crippen molar-refractivity contribution < 1.29 is 34.5 Å². The number of primary amides is 1. The number of rotatable bonds is 8. The van der Waals surface area contributed by atoms with Crippen LogP contribution in [0.2, 0.25) is 0 Å². The van der Waals surface area contributed by atoms with Crippen LogP contribution in [0.1, 0.15) is 6.92 Å². The van der Waals surface area contributed by atoms with Gasteiger partial charge in [-0.15, -0.1) is 0 Å². The summed E-state index contributed by atoms with van der Waals surface area (Å²) < 4.78 is 0. The molecule has 29 heavy (non-hydrogen) atoms. The van der Waals surface area contributed by atoms with Crippen molar-refractivity contribution in [3.63, 3.8) is 0 Å². The molecule has 0 aliphatic carbocycles. The van der Waals surface area contributed by atoms with Gasteiger partial charge in [-0.3, -0.25) is 38.8 Å². The van der Waals surface area contributed by atoms with E-state index >= 15 is 0 Å². The van der Waals surface area contributed by atoms with E-state index in [2.05, 4.69) is 0 Å². The van der Waals surface area contributed by atoms with Crippen molar-refractivity contribution >= 4 is 23.8 Å². The van der Waals surface area contributed by atoms with Crippen molar-refractivity contribution in [2.24, 2.45) is 5.73 Å². The highest BCUT2D eigenvalue weighted by Crippen LogP contribution is 2.05. The van der Waals surface area contributed by atoms with Gasteiger partial charge in [0.05, 0.1) is 19.6 Å². The molecule has 0 saturated carbocycles. The molecule has 1 saturated heterocycles. The third-order valence-corrected chi connectivity index (χ3v) is 4.87. The van der Waals surface area contributed by atoms with Crippen molar-refractivity contribution in [2.75, 3.05) is 72.0 Å². The lowest BCUT2D eigenvalue weighted by Gasteiger charge is -2.34. The molecule has 0 aromatic heterocycles. The van der Waals surface area contributed by atoms with Gasteiger partial charge in [0.1, 0.15) is 6.04 Å². The molecule has 0 bridgehead atoms. The Kier molecular flexibility index (Phi) is 10.5. The zero-order valence-corrected chi connectivity index (χ0v) is 16.7. The van der Waals surface area contributed by atoms with Crippen molar-refractivity contribution in [3.05, 3.63) is 0 Å². The Morgan fingerprint density at radius 3 is 1.38 bits per heavy atom. The molecule has 1 unspecified atom stereocenters. The zero-order valence-electron chi connectivity index (χ0n) is 16.7. The van der Waals surface area contributed by atoms with Crippen molar-refractivity contribution in [1.82, 2.24) is 19.6 Å². The fourth-order valence-corrected chi connectivity index (χ4v) is 3.17. The largest absolute Gasteiger partial charge is 0.480 e. The first-order valence-corrected chi connectivity index (χ1v) is 9.44. The van der Waals surface area contributed by atoms with Gasteiger partial charge in [-0.25, -0.2) is 0 Å². The van der Waals surface area contributed by atoms with Crippen molar-refractivity contribution in [3.8, 4) is 0 Å². The number of hydrogen-bond acceptors (Lipinski definition) is 8. The van der Waals surface area contributed by atoms with E-state index < -0.39 is 29.9 Å². The number of carbonyl (C=O) groups excluding carboxylic acids is 1. The molecule has 12 nitrogen and oxygen atoms in total. The molecule has 1 fully saturated rings. The van der Waals surface area contributed by atoms with Gasteiger partial charge in [0.25, 0.3) is 0 Å². The third-order valence-electron chi connectivity index (χ3n) is 4.87. The minimum Gasteiger partial charge on any atom is -0.480 e. The summed E-state index contributed by atoms with van der Waals surface area (Å²) >= 11 is 0. The van der Waals surface area contributed by atoms with Crippen LogP contribution in [0, 0.1) is 0 Å². The fourth-order valence-electron chi connectivity index (χ4n) is 3.17. The molecular weight excluding hydrogens is 386 g/mol. The maximum Gasteiger partial charge on any atom is 0.320 e. The van der Waals surface area contributed by atoms with E-state index in [1.54, 1.807) is 26.5 Å². The molecule has 0 aromatic carbocycles. The van der Waals surface area contributed by atoms with Gasteiger partial charge in [-0.2, -0.15) is 0 Å². The number of hydrogen-bond donors (Lipinski definition) is 4. The molecule has 5 N–H and O–H groups in total. The predicted octanol–water partition coefficient (Wildman–Crippen LogP) is -2.66. The summed E-state index contributed by atoms with van der Waals surface area (Å²) in [7, 11) is 0. The van der Waals surface area contributed by atoms with E-state index in [0.717, 1.165) is 0 Å². The average molecular weight is 417 g/mol. The zero-order chi connectivity index (χ0) is 22.0. The Hall–Kier alpha value is -2.28. The Bertz CT molecular complexity index is 557. The Morgan fingerprint density at radius 1 is 0.724 bits per heavy atom. The number of amides is 1. The first-order chi connectivity index (χ1) is 13.6. The monoisotopic (exact) mass is 417 g/mol. The normalized spacial score (nSPS) is 20.3. The Balaban J connectivity index is 2.98. The maximum atomic E-state index is 11.4. The number of carboxylic acids is 3. The van der Waals surface area contributed by atoms with E-state index in [4.69, 9.17) is 15.9 Å². The predicted molar refractivity (Wildman–Crippen MR) is 102 cm³/mol. The number of nitrogens with zero attached hydrogens (tertiary/aromatic N) is 4. The van der Waals surface area contributed by atoms with Gasteiger partial charge >= 0.3 is 17.9 Å². The highest BCUT2D eigenvalue weighted by Gasteiger charge is 2.24. The number of nitrogens with two attached hydrogens (primary N) is 1. The molecule has 12 heteroatoms. The average Bonchev–Trinajstić information content (AvgIpc) is 2.59. The topological polar surface area (TPSA) is 168 Å². The van der Waals surface area contributed by atoms with Gasteiger partial charge in [-0.05, 0) is 6.92 Å². The van der Waals surface area contributed by atoms with E-state index in [-0.39, 0.29) is 19.6 Å². The van der Waals surface area contributed by atoms with Crippen LogP contribution in [0.5, 0.6) is 0 Å². The maximum absolute atomic E-state index is 11.4. The van der Waals surface area contributed by atoms with Gasteiger partial charge in [0.2, 0.25) is 5.91 Å². The van der Waals surface area contributed by atoms with Gasteiger partial charge in [-0.1, -0.05) is 0 Å². The first kappa shape index (κ1) is 24.8. The summed E-state index contributed by atoms with van der Waals surface area (Å²) in [6.45, 7) is 3.88. The summed E-state index contributed by atoms with van der Waals surface area (Å²) in [5, 5.41) is 27.6. The molecule has 0 aromatic rings. The van der Waals surface area contributed by atoms with Crippen LogP contribution in [0.25, 0.3) is 0 Å². The minimum absolute atomic E-state index is 0.0126. The van der Waals surface area contributed by atoms with Gasteiger partial charge in [0.15, 0.2) is 0 Å². The van der Waals surface area contributed by atoms with Crippen molar-refractivity contribution in [1.29, 1.82) is 0 Å². The fraction of sp³-hybridized carbons (Fsp3) is 0.765. The van der Waals surface area contributed by atoms with Crippen molar-refractivity contribution in [2.45, 2.75) is 13.0 Å². The van der Waals surface area contributed by atoms with Gasteiger partial charge in [0, 0.05) is 52.4 Å². The SMILES string of the molecule is CC(C(=O)O)N1CCN(CC(N)=O)CCN(CC(=O)O)CCN(CC(=O)O)CC1. The van der Waals surface area contributed by atoms with Crippen LogP contribution in [0.15, 0.2) is 0 Å². The lowest BCUT2D eigenvalue weighted by Crippen LogP contribution is -2.51. The Labute approximate surface area is 169 Å². The molecule has 1 atom stereocenters. The summed E-state index contributed by atoms with van der Waals surface area (Å²) in [6, 6.07) is -0.774. The quantitative estimate of drug-likeness (QED) is 0.325. The molecule has 0 radical (unpaired) electrons. The van der Waals surface area contributed by atoms with Crippen LogP contribution < -0.4 is 5.73 Å². The van der Waals surface area contributed by atoms with E-state index in [0.29, 0.717) is 52.4 Å². The minimum atomic E-state index is -1.01. The van der Waals surface area contributed by atoms with Crippen LogP contribution >= 0.6 is 0 Å². The number of carbonyl (C=O) groups is 4. The van der Waals surface area contributed by atoms with Gasteiger partial charge < -0.3 is 21.1 Å². The van der Waals surface area contributed by atoms with Crippen LogP contribution in [0.3, 0.4) is 0 Å². The molecule has 166 valence electrons. The molecule has 1 aliphatic rings. The second kappa shape index (κ2) is 12.3. The molecule has 1 amide bonds. The summed E-state index contributed by atoms with van der Waals surface area (Å²) in [6.07, 6.45) is 0. The summed E-state index contributed by atoms with van der Waals surface area (Å²) in [5.41, 5.74) is 5.30. The molecule has 1 heterocycles. The number of aliphatic carboxylic acids is 3. The second-order valence-corrected chi connectivity index (χ2v) is 7.13. The molecule has 1 aliphatic heterocycles. The first-order valence-electron chi connectivity index (χ1n) is 9.44. The van der Waals surface area contributed by atoms with Crippen LogP contribution in [-0.2, 0) is 19.2 Å². The standard InChI is InChI=1S/C17H31N5O7/c1-13(17(28)29)22-8-6-19(10-14(18)23)2-3-20(11-15(24)25)4-5-21(7-9-22)12-16(26)27/h13H,2-12H2,1H3,(H2,18,23)(H,24,25)(H,26,27)(H,28,29). The molecule has 1 rings (SSSR count). The lowest BCUT2D eigenvalue weighted by atomic mass is 10.2. The van der Waals surface area contributed by atoms with Crippen LogP contribution in [-0.4, -0.2) is 137 Å². The number of carboxylic acid groups (broad SMARTS) is 3. The van der Waals surface area contributed by atoms with E-state index in [9.17, 15) is 24.3 Å². The Morgan fingerprint density at radius 2 is 1.07 bits per heavy atom. The van der Waals surface area contributed by atoms with Crippen LogP contribution in [0.4, 0.5) is 0 Å². The smallest absolute Gasteiger partial charge is 0.320 e. The van der Waals surface area contributed by atoms with E-state index in [1.165, 1.54) is 0 Å². The summed E-state index contributed by atoms with van der Waals surface area (Å²) in [5.74, 6) is -3.51. The second-order valence-electron chi connectivity index (χ2n) is 7.13. The highest BCUT2D eigenvalue weighted by atomic mass is 16.4. The summed E-state index contributed by atoms with van der Waals surface area (Å²) in [4.78, 5) is 52.0. The lowest BCUT2D eigenvalue weighted by molar-refractivity contribution is -0.143. The highest BCUT2D eigenvalue weighted by molar-refractivity contribution is 5.76. The third kappa shape index (κ3) is 10.2. The molecule has 0 spiro atoms.